The number of hydrogen-bond acceptors (Lipinski definition) is 3. The zero-order chi connectivity index (χ0) is 7.98. The molecule has 0 spiro atoms. The van der Waals surface area contributed by atoms with E-state index in [-0.39, 0.29) is 12.5 Å². The number of rotatable bonds is 4. The number of nitriles is 1. The van der Waals surface area contributed by atoms with Crippen LogP contribution in [0.15, 0.2) is 0 Å². The molecule has 0 saturated carbocycles. The second-order valence-electron chi connectivity index (χ2n) is 2.07. The first-order chi connectivity index (χ1) is 4.70. The quantitative estimate of drug-likeness (QED) is 0.625. The van der Waals surface area contributed by atoms with E-state index in [1.807, 2.05) is 6.07 Å². The highest BCUT2D eigenvalue weighted by atomic mass is 32.2. The first-order valence-corrected chi connectivity index (χ1v) is 4.74. The minimum absolute atomic E-state index is 0.131. The van der Waals surface area contributed by atoms with Crippen molar-refractivity contribution in [1.29, 1.82) is 5.26 Å². The molecule has 0 aliphatic rings. The minimum Gasteiger partial charge on any atom is -0.395 e. The molecule has 0 amide bonds. The third kappa shape index (κ3) is 4.48. The van der Waals surface area contributed by atoms with Gasteiger partial charge < -0.3 is 5.11 Å². The summed E-state index contributed by atoms with van der Waals surface area (Å²) in [5.74, 6) is 0.155. The van der Waals surface area contributed by atoms with Crippen molar-refractivity contribution in [1.82, 2.24) is 0 Å². The van der Waals surface area contributed by atoms with Gasteiger partial charge in [-0.3, -0.25) is 4.21 Å². The van der Waals surface area contributed by atoms with Crippen molar-refractivity contribution in [3.05, 3.63) is 0 Å². The Labute approximate surface area is 63.1 Å². The Kier molecular flexibility index (Phi) is 5.17. The summed E-state index contributed by atoms with van der Waals surface area (Å²) >= 11 is 0. The fourth-order valence-corrected chi connectivity index (χ4v) is 1.12. The third-order valence-corrected chi connectivity index (χ3v) is 1.97. The van der Waals surface area contributed by atoms with Crippen molar-refractivity contribution in [3.8, 4) is 6.07 Å². The number of aliphatic hydroxyl groups excluding tert-OH is 1. The SMILES string of the molecule is CS(=O)CCC(C#N)CO. The van der Waals surface area contributed by atoms with Crippen LogP contribution >= 0.6 is 0 Å². The van der Waals surface area contributed by atoms with Gasteiger partial charge in [0.25, 0.3) is 0 Å². The lowest BCUT2D eigenvalue weighted by molar-refractivity contribution is 0.254. The zero-order valence-corrected chi connectivity index (χ0v) is 6.73. The van der Waals surface area contributed by atoms with Gasteiger partial charge in [0.1, 0.15) is 0 Å². The van der Waals surface area contributed by atoms with E-state index in [9.17, 15) is 4.21 Å². The third-order valence-electron chi connectivity index (χ3n) is 1.16. The van der Waals surface area contributed by atoms with Crippen molar-refractivity contribution >= 4 is 10.8 Å². The average molecular weight is 161 g/mol. The van der Waals surface area contributed by atoms with E-state index in [0.29, 0.717) is 12.2 Å². The van der Waals surface area contributed by atoms with E-state index in [4.69, 9.17) is 10.4 Å². The van der Waals surface area contributed by atoms with Crippen LogP contribution in [0, 0.1) is 17.2 Å². The molecule has 0 aromatic carbocycles. The van der Waals surface area contributed by atoms with Crippen LogP contribution in [0.1, 0.15) is 6.42 Å². The summed E-state index contributed by atoms with van der Waals surface area (Å²) in [6.45, 7) is -0.131. The zero-order valence-electron chi connectivity index (χ0n) is 5.91. The molecule has 2 atom stereocenters. The molecule has 0 saturated heterocycles. The normalized spacial score (nSPS) is 15.7. The molecule has 0 aromatic heterocycles. The first kappa shape index (κ1) is 9.60. The lowest BCUT2D eigenvalue weighted by Crippen LogP contribution is -2.07. The van der Waals surface area contributed by atoms with Crippen LogP contribution in [0.3, 0.4) is 0 Å². The maximum atomic E-state index is 10.5. The van der Waals surface area contributed by atoms with Crippen molar-refractivity contribution < 1.29 is 9.32 Å². The molecular weight excluding hydrogens is 150 g/mol. The van der Waals surface area contributed by atoms with Gasteiger partial charge in [0, 0.05) is 22.8 Å². The second-order valence-corrected chi connectivity index (χ2v) is 3.63. The summed E-state index contributed by atoms with van der Waals surface area (Å²) in [4.78, 5) is 0. The summed E-state index contributed by atoms with van der Waals surface area (Å²) in [7, 11) is -0.852. The summed E-state index contributed by atoms with van der Waals surface area (Å²) < 4.78 is 10.5. The van der Waals surface area contributed by atoms with E-state index in [1.165, 1.54) is 0 Å². The topological polar surface area (TPSA) is 61.1 Å². The Morgan fingerprint density at radius 1 is 1.80 bits per heavy atom. The van der Waals surface area contributed by atoms with Crippen molar-refractivity contribution in [2.45, 2.75) is 6.42 Å². The first-order valence-electron chi connectivity index (χ1n) is 3.01. The molecule has 0 aliphatic heterocycles. The van der Waals surface area contributed by atoms with Gasteiger partial charge >= 0.3 is 0 Å². The maximum Gasteiger partial charge on any atom is 0.0703 e. The molecule has 0 aliphatic carbocycles. The highest BCUT2D eigenvalue weighted by Crippen LogP contribution is 1.99. The predicted octanol–water partition coefficient (Wildman–Crippen LogP) is -0.113. The van der Waals surface area contributed by atoms with E-state index in [1.54, 1.807) is 6.26 Å². The van der Waals surface area contributed by atoms with E-state index >= 15 is 0 Å². The van der Waals surface area contributed by atoms with Crippen molar-refractivity contribution in [3.63, 3.8) is 0 Å². The Hall–Kier alpha value is -0.400. The van der Waals surface area contributed by atoms with Crippen LogP contribution in [0.5, 0.6) is 0 Å². The summed E-state index contributed by atoms with van der Waals surface area (Å²) in [5.41, 5.74) is 0. The van der Waals surface area contributed by atoms with E-state index in [0.717, 1.165) is 0 Å². The lowest BCUT2D eigenvalue weighted by atomic mass is 10.1. The predicted molar refractivity (Wildman–Crippen MR) is 39.7 cm³/mol. The molecule has 0 fully saturated rings. The van der Waals surface area contributed by atoms with Gasteiger partial charge in [-0.05, 0) is 6.42 Å². The fourth-order valence-electron chi connectivity index (χ4n) is 0.505. The minimum atomic E-state index is -0.852. The summed E-state index contributed by atoms with van der Waals surface area (Å²) in [6.07, 6.45) is 2.11. The molecule has 0 radical (unpaired) electrons. The largest absolute Gasteiger partial charge is 0.395 e. The van der Waals surface area contributed by atoms with Crippen molar-refractivity contribution in [2.24, 2.45) is 5.92 Å². The molecule has 10 heavy (non-hydrogen) atoms. The Bertz CT molecular complexity index is 152. The monoisotopic (exact) mass is 161 g/mol. The molecule has 58 valence electrons. The molecule has 0 aromatic rings. The highest BCUT2D eigenvalue weighted by Gasteiger charge is 2.05. The molecule has 0 bridgehead atoms. The molecule has 0 rings (SSSR count). The summed E-state index contributed by atoms with van der Waals surface area (Å²) in [5, 5.41) is 16.8. The molecule has 1 N–H and O–H groups in total. The smallest absolute Gasteiger partial charge is 0.0703 e. The van der Waals surface area contributed by atoms with Gasteiger partial charge in [-0.1, -0.05) is 0 Å². The highest BCUT2D eigenvalue weighted by molar-refractivity contribution is 7.84. The molecule has 3 nitrogen and oxygen atoms in total. The standard InChI is InChI=1S/C6H11NO2S/c1-10(9)3-2-6(4-7)5-8/h6,8H,2-3,5H2,1H3. The van der Waals surface area contributed by atoms with Crippen LogP contribution in [0.25, 0.3) is 0 Å². The van der Waals surface area contributed by atoms with Gasteiger partial charge in [0.2, 0.25) is 0 Å². The van der Waals surface area contributed by atoms with Gasteiger partial charge in [-0.15, -0.1) is 0 Å². The number of hydrogen-bond donors (Lipinski definition) is 1. The van der Waals surface area contributed by atoms with Gasteiger partial charge in [-0.2, -0.15) is 5.26 Å². The fraction of sp³-hybridized carbons (Fsp3) is 0.833. The molecule has 4 heteroatoms. The summed E-state index contributed by atoms with van der Waals surface area (Å²) in [6, 6.07) is 1.92. The van der Waals surface area contributed by atoms with E-state index in [2.05, 4.69) is 0 Å². The van der Waals surface area contributed by atoms with Crippen LogP contribution in [-0.4, -0.2) is 27.9 Å². The van der Waals surface area contributed by atoms with Crippen molar-refractivity contribution in [2.75, 3.05) is 18.6 Å². The Balaban J connectivity index is 3.47. The van der Waals surface area contributed by atoms with Crippen LogP contribution in [0.2, 0.25) is 0 Å². The molecular formula is C6H11NO2S. The molecule has 0 heterocycles. The maximum absolute atomic E-state index is 10.5. The number of nitrogens with zero attached hydrogens (tertiary/aromatic N) is 1. The van der Waals surface area contributed by atoms with Gasteiger partial charge in [0.05, 0.1) is 18.6 Å². The second kappa shape index (κ2) is 5.39. The molecule has 2 unspecified atom stereocenters. The number of aliphatic hydroxyl groups is 1. The van der Waals surface area contributed by atoms with Crippen LogP contribution in [-0.2, 0) is 10.8 Å². The lowest BCUT2D eigenvalue weighted by Gasteiger charge is -2.01. The van der Waals surface area contributed by atoms with Crippen LogP contribution < -0.4 is 0 Å². The average Bonchev–Trinajstić information content (AvgIpc) is 1.90. The van der Waals surface area contributed by atoms with Gasteiger partial charge in [0.15, 0.2) is 0 Å². The van der Waals surface area contributed by atoms with E-state index < -0.39 is 10.8 Å². The van der Waals surface area contributed by atoms with Gasteiger partial charge in [-0.25, -0.2) is 0 Å². The Morgan fingerprint density at radius 3 is 2.70 bits per heavy atom. The van der Waals surface area contributed by atoms with Crippen LogP contribution in [0.4, 0.5) is 0 Å². The Morgan fingerprint density at radius 2 is 2.40 bits per heavy atom.